The summed E-state index contributed by atoms with van der Waals surface area (Å²) in [6, 6.07) is 12.4. The zero-order valence-electron chi connectivity index (χ0n) is 16.1. The van der Waals surface area contributed by atoms with Gasteiger partial charge in [0.25, 0.3) is 10.0 Å². The summed E-state index contributed by atoms with van der Waals surface area (Å²) < 4.78 is 28.0. The van der Waals surface area contributed by atoms with Crippen LogP contribution in [0.3, 0.4) is 0 Å². The lowest BCUT2D eigenvalue weighted by molar-refractivity contribution is -0.122. The highest BCUT2D eigenvalue weighted by atomic mass is 32.2. The minimum Gasteiger partial charge on any atom is -0.312 e. The molecule has 1 saturated carbocycles. The van der Waals surface area contributed by atoms with Crippen LogP contribution in [0.4, 0.5) is 11.4 Å². The number of carbonyl (C=O) groups excluding carboxylic acids is 1. The summed E-state index contributed by atoms with van der Waals surface area (Å²) in [4.78, 5) is 14.9. The lowest BCUT2D eigenvalue weighted by Crippen LogP contribution is -2.33. The van der Waals surface area contributed by atoms with E-state index in [4.69, 9.17) is 0 Å². The van der Waals surface area contributed by atoms with Crippen molar-refractivity contribution in [3.05, 3.63) is 53.6 Å². The molecule has 0 aromatic heterocycles. The number of hydrogen-bond donors (Lipinski definition) is 1. The number of nitrogens with zero attached hydrogens (tertiary/aromatic N) is 1. The molecule has 148 valence electrons. The Kier molecular flexibility index (Phi) is 5.15. The molecule has 0 unspecified atom stereocenters. The lowest BCUT2D eigenvalue weighted by Gasteiger charge is -2.21. The van der Waals surface area contributed by atoms with E-state index >= 15 is 0 Å². The fourth-order valence-corrected chi connectivity index (χ4v) is 5.26. The second kappa shape index (κ2) is 7.59. The first kappa shape index (κ1) is 19.0. The Morgan fingerprint density at radius 3 is 2.50 bits per heavy atom. The third kappa shape index (κ3) is 3.65. The number of rotatable bonds is 5. The Balaban J connectivity index is 1.52. The molecule has 0 radical (unpaired) electrons. The van der Waals surface area contributed by atoms with E-state index in [1.165, 1.54) is 0 Å². The molecule has 5 nitrogen and oxygen atoms in total. The van der Waals surface area contributed by atoms with Crippen LogP contribution >= 0.6 is 0 Å². The number of nitrogens with one attached hydrogen (secondary N) is 1. The van der Waals surface area contributed by atoms with Gasteiger partial charge in [-0.1, -0.05) is 31.9 Å². The van der Waals surface area contributed by atoms with Crippen LogP contribution in [0.1, 0.15) is 43.7 Å². The van der Waals surface area contributed by atoms with E-state index in [0.717, 1.165) is 55.3 Å². The van der Waals surface area contributed by atoms with Crippen LogP contribution < -0.4 is 9.62 Å². The average Bonchev–Trinajstić information content (AvgIpc) is 3.37. The molecule has 0 atom stereocenters. The molecule has 1 fully saturated rings. The van der Waals surface area contributed by atoms with E-state index in [0.29, 0.717) is 12.2 Å². The highest BCUT2D eigenvalue weighted by molar-refractivity contribution is 7.92. The maximum absolute atomic E-state index is 12.8. The standard InChI is InChI=1S/C22H26N2O3S/c1-2-16-7-10-20(11-8-16)28(26,27)23-19-9-12-21-18(15-19)13-14-24(21)22(25)17-5-3-4-6-17/h7-12,15,17,23H,2-6,13-14H2,1H3. The average molecular weight is 399 g/mol. The Hall–Kier alpha value is -2.34. The van der Waals surface area contributed by atoms with Gasteiger partial charge in [0, 0.05) is 23.8 Å². The SMILES string of the molecule is CCc1ccc(S(=O)(=O)Nc2ccc3c(c2)CCN3C(=O)C2CCCC2)cc1. The fraction of sp³-hybridized carbons (Fsp3) is 0.409. The zero-order valence-corrected chi connectivity index (χ0v) is 17.0. The molecule has 1 aliphatic carbocycles. The summed E-state index contributed by atoms with van der Waals surface area (Å²) in [5.41, 5.74) is 3.58. The van der Waals surface area contributed by atoms with Gasteiger partial charge in [0.05, 0.1) is 4.90 Å². The molecule has 1 aliphatic heterocycles. The number of carbonyl (C=O) groups is 1. The van der Waals surface area contributed by atoms with Crippen LogP contribution in [-0.2, 0) is 27.7 Å². The van der Waals surface area contributed by atoms with Crippen molar-refractivity contribution in [2.24, 2.45) is 5.92 Å². The van der Waals surface area contributed by atoms with Crippen molar-refractivity contribution < 1.29 is 13.2 Å². The van der Waals surface area contributed by atoms with Gasteiger partial charge < -0.3 is 4.90 Å². The third-order valence-corrected chi connectivity index (χ3v) is 7.24. The van der Waals surface area contributed by atoms with Crippen molar-refractivity contribution in [2.45, 2.75) is 50.3 Å². The smallest absolute Gasteiger partial charge is 0.261 e. The van der Waals surface area contributed by atoms with Crippen molar-refractivity contribution in [3.63, 3.8) is 0 Å². The summed E-state index contributed by atoms with van der Waals surface area (Å²) in [7, 11) is -3.63. The Labute approximate surface area is 166 Å². The molecule has 6 heteroatoms. The number of aryl methyl sites for hydroxylation is 1. The van der Waals surface area contributed by atoms with Crippen LogP contribution in [0.2, 0.25) is 0 Å². The van der Waals surface area contributed by atoms with Crippen LogP contribution in [0.25, 0.3) is 0 Å². The summed E-state index contributed by atoms with van der Waals surface area (Å²) in [5, 5.41) is 0. The quantitative estimate of drug-likeness (QED) is 0.823. The van der Waals surface area contributed by atoms with E-state index in [1.54, 1.807) is 18.2 Å². The molecule has 1 amide bonds. The monoisotopic (exact) mass is 398 g/mol. The van der Waals surface area contributed by atoms with Crippen LogP contribution in [0.15, 0.2) is 47.4 Å². The summed E-state index contributed by atoms with van der Waals surface area (Å²) >= 11 is 0. The Morgan fingerprint density at radius 2 is 1.82 bits per heavy atom. The number of fused-ring (bicyclic) bond motifs is 1. The molecule has 0 bridgehead atoms. The van der Waals surface area contributed by atoms with Crippen LogP contribution in [0.5, 0.6) is 0 Å². The molecule has 2 aromatic carbocycles. The molecule has 2 aromatic rings. The minimum absolute atomic E-state index is 0.148. The van der Waals surface area contributed by atoms with Gasteiger partial charge in [0.1, 0.15) is 0 Å². The number of hydrogen-bond acceptors (Lipinski definition) is 3. The van der Waals surface area contributed by atoms with Gasteiger partial charge in [-0.2, -0.15) is 0 Å². The number of amides is 1. The number of anilines is 2. The van der Waals surface area contributed by atoms with Crippen molar-refractivity contribution in [1.29, 1.82) is 0 Å². The lowest BCUT2D eigenvalue weighted by atomic mass is 10.1. The van der Waals surface area contributed by atoms with E-state index in [9.17, 15) is 13.2 Å². The maximum Gasteiger partial charge on any atom is 0.261 e. The van der Waals surface area contributed by atoms with Crippen molar-refractivity contribution >= 4 is 27.3 Å². The summed E-state index contributed by atoms with van der Waals surface area (Å²) in [6.45, 7) is 2.71. The molecule has 1 N–H and O–H groups in total. The van der Waals surface area contributed by atoms with E-state index in [1.807, 2.05) is 36.1 Å². The molecule has 2 aliphatic rings. The Morgan fingerprint density at radius 1 is 1.11 bits per heavy atom. The van der Waals surface area contributed by atoms with Gasteiger partial charge in [-0.15, -0.1) is 0 Å². The van der Waals surface area contributed by atoms with Crippen molar-refractivity contribution in [2.75, 3.05) is 16.2 Å². The highest BCUT2D eigenvalue weighted by Gasteiger charge is 2.32. The molecule has 28 heavy (non-hydrogen) atoms. The van der Waals surface area contributed by atoms with Gasteiger partial charge in [0.15, 0.2) is 0 Å². The molecule has 1 heterocycles. The molecular weight excluding hydrogens is 372 g/mol. The minimum atomic E-state index is -3.63. The molecular formula is C22H26N2O3S. The summed E-state index contributed by atoms with van der Waals surface area (Å²) in [5.74, 6) is 0.371. The van der Waals surface area contributed by atoms with Crippen molar-refractivity contribution in [3.8, 4) is 0 Å². The van der Waals surface area contributed by atoms with Gasteiger partial charge in [-0.3, -0.25) is 9.52 Å². The fourth-order valence-electron chi connectivity index (χ4n) is 4.21. The highest BCUT2D eigenvalue weighted by Crippen LogP contribution is 2.35. The van der Waals surface area contributed by atoms with Gasteiger partial charge >= 0.3 is 0 Å². The Bertz CT molecular complexity index is 977. The third-order valence-electron chi connectivity index (χ3n) is 5.84. The predicted molar refractivity (Wildman–Crippen MR) is 111 cm³/mol. The van der Waals surface area contributed by atoms with E-state index < -0.39 is 10.0 Å². The van der Waals surface area contributed by atoms with E-state index in [2.05, 4.69) is 4.72 Å². The molecule has 0 spiro atoms. The first-order valence-corrected chi connectivity index (χ1v) is 11.5. The first-order chi connectivity index (χ1) is 13.5. The molecule has 4 rings (SSSR count). The second-order valence-electron chi connectivity index (χ2n) is 7.67. The number of sulfonamides is 1. The predicted octanol–water partition coefficient (Wildman–Crippen LogP) is 4.13. The van der Waals surface area contributed by atoms with E-state index in [-0.39, 0.29) is 16.7 Å². The number of benzene rings is 2. The maximum atomic E-state index is 12.8. The topological polar surface area (TPSA) is 66.5 Å². The van der Waals surface area contributed by atoms with Crippen molar-refractivity contribution in [1.82, 2.24) is 0 Å². The first-order valence-electron chi connectivity index (χ1n) is 10.0. The van der Waals surface area contributed by atoms with Gasteiger partial charge in [0.2, 0.25) is 5.91 Å². The zero-order chi connectivity index (χ0) is 19.7. The van der Waals surface area contributed by atoms with Gasteiger partial charge in [-0.05, 0) is 67.1 Å². The molecule has 0 saturated heterocycles. The van der Waals surface area contributed by atoms with Crippen LogP contribution in [-0.4, -0.2) is 20.9 Å². The largest absolute Gasteiger partial charge is 0.312 e. The van der Waals surface area contributed by atoms with Gasteiger partial charge in [-0.25, -0.2) is 8.42 Å². The second-order valence-corrected chi connectivity index (χ2v) is 9.35. The summed E-state index contributed by atoms with van der Waals surface area (Å²) in [6.07, 6.45) is 5.87. The van der Waals surface area contributed by atoms with Crippen LogP contribution in [0, 0.1) is 5.92 Å². The normalized spacial score (nSPS) is 17.0.